The van der Waals surface area contributed by atoms with Gasteiger partial charge < -0.3 is 10.4 Å². The fourth-order valence-electron chi connectivity index (χ4n) is 1.76. The number of aromatic hydroxyl groups is 1. The van der Waals surface area contributed by atoms with Crippen LogP contribution in [0.4, 0.5) is 10.1 Å². The average Bonchev–Trinajstić information content (AvgIpc) is 2.46. The Morgan fingerprint density at radius 3 is 2.68 bits per heavy atom. The van der Waals surface area contributed by atoms with E-state index in [9.17, 15) is 24.4 Å². The third-order valence-electron chi connectivity index (χ3n) is 2.89. The number of halogens is 2. The summed E-state index contributed by atoms with van der Waals surface area (Å²) >= 11 is 3.12. The molecule has 0 fully saturated rings. The smallest absolute Gasteiger partial charge is 0.270 e. The van der Waals surface area contributed by atoms with Crippen molar-refractivity contribution in [2.75, 3.05) is 0 Å². The Balaban J connectivity index is 2.15. The van der Waals surface area contributed by atoms with E-state index in [2.05, 4.69) is 21.2 Å². The second kappa shape index (κ2) is 6.52. The van der Waals surface area contributed by atoms with Gasteiger partial charge in [-0.05, 0) is 18.2 Å². The number of non-ortho nitro benzene ring substituents is 1. The maximum Gasteiger partial charge on any atom is 0.270 e. The molecule has 0 atom stereocenters. The maximum absolute atomic E-state index is 13.6. The van der Waals surface area contributed by atoms with Crippen LogP contribution >= 0.6 is 15.9 Å². The number of hydrogen-bond donors (Lipinski definition) is 2. The van der Waals surface area contributed by atoms with Gasteiger partial charge in [-0.1, -0.05) is 22.0 Å². The van der Waals surface area contributed by atoms with Crippen molar-refractivity contribution in [1.29, 1.82) is 0 Å². The van der Waals surface area contributed by atoms with E-state index >= 15 is 0 Å². The minimum atomic E-state index is -0.733. The zero-order chi connectivity index (χ0) is 16.3. The van der Waals surface area contributed by atoms with Gasteiger partial charge in [0.15, 0.2) is 0 Å². The van der Waals surface area contributed by atoms with E-state index in [-0.39, 0.29) is 29.1 Å². The number of rotatable bonds is 4. The average molecular weight is 369 g/mol. The minimum absolute atomic E-state index is 0.111. The molecule has 1 amide bonds. The highest BCUT2D eigenvalue weighted by atomic mass is 79.9. The third kappa shape index (κ3) is 3.59. The first-order valence-corrected chi connectivity index (χ1v) is 6.87. The number of nitrogens with zero attached hydrogens (tertiary/aromatic N) is 1. The van der Waals surface area contributed by atoms with E-state index in [0.717, 1.165) is 18.2 Å². The van der Waals surface area contributed by atoms with Gasteiger partial charge in [-0.15, -0.1) is 0 Å². The molecule has 0 radical (unpaired) electrons. The summed E-state index contributed by atoms with van der Waals surface area (Å²) in [6.45, 7) is -0.111. The molecule has 2 aromatic carbocycles. The van der Waals surface area contributed by atoms with Crippen LogP contribution in [0.5, 0.6) is 5.75 Å². The summed E-state index contributed by atoms with van der Waals surface area (Å²) in [4.78, 5) is 22.0. The van der Waals surface area contributed by atoms with Crippen molar-refractivity contribution in [3.63, 3.8) is 0 Å². The van der Waals surface area contributed by atoms with Crippen molar-refractivity contribution >= 4 is 27.5 Å². The first-order valence-electron chi connectivity index (χ1n) is 6.08. The van der Waals surface area contributed by atoms with Crippen molar-refractivity contribution in [3.05, 3.63) is 67.9 Å². The zero-order valence-electron chi connectivity index (χ0n) is 11.0. The standard InChI is InChI=1S/C14H10BrFN2O4/c15-9-2-1-8(12(16)5-9)7-17-14(20)11-6-10(18(21)22)3-4-13(11)19/h1-6,19H,7H2,(H,17,20). The highest BCUT2D eigenvalue weighted by molar-refractivity contribution is 9.10. The molecule has 6 nitrogen and oxygen atoms in total. The van der Waals surface area contributed by atoms with Crippen LogP contribution < -0.4 is 5.32 Å². The summed E-state index contributed by atoms with van der Waals surface area (Å²) in [7, 11) is 0. The lowest BCUT2D eigenvalue weighted by Gasteiger charge is -2.08. The van der Waals surface area contributed by atoms with Gasteiger partial charge in [0.25, 0.3) is 11.6 Å². The Bertz CT molecular complexity index is 752. The number of nitro benzene ring substituents is 1. The molecule has 0 aromatic heterocycles. The van der Waals surface area contributed by atoms with E-state index in [4.69, 9.17) is 0 Å². The predicted octanol–water partition coefficient (Wildman–Crippen LogP) is 3.13. The molecule has 0 saturated carbocycles. The topological polar surface area (TPSA) is 92.5 Å². The Morgan fingerprint density at radius 1 is 1.32 bits per heavy atom. The first-order chi connectivity index (χ1) is 10.4. The number of nitro groups is 1. The van der Waals surface area contributed by atoms with Gasteiger partial charge in [0.1, 0.15) is 11.6 Å². The molecule has 0 aliphatic rings. The molecule has 2 aromatic rings. The van der Waals surface area contributed by atoms with Crippen molar-refractivity contribution in [3.8, 4) is 5.75 Å². The third-order valence-corrected chi connectivity index (χ3v) is 3.38. The monoisotopic (exact) mass is 368 g/mol. The molecule has 0 aliphatic heterocycles. The Morgan fingerprint density at radius 2 is 2.05 bits per heavy atom. The van der Waals surface area contributed by atoms with Gasteiger partial charge >= 0.3 is 0 Å². The summed E-state index contributed by atoms with van der Waals surface area (Å²) in [5.74, 6) is -1.62. The molecule has 0 spiro atoms. The molecule has 8 heteroatoms. The van der Waals surface area contributed by atoms with Gasteiger partial charge in [-0.25, -0.2) is 4.39 Å². The first kappa shape index (κ1) is 15.9. The van der Waals surface area contributed by atoms with Gasteiger partial charge in [-0.2, -0.15) is 0 Å². The molecule has 0 saturated heterocycles. The maximum atomic E-state index is 13.6. The number of amides is 1. The lowest BCUT2D eigenvalue weighted by molar-refractivity contribution is -0.384. The number of carbonyl (C=O) groups excluding carboxylic acids is 1. The fraction of sp³-hybridized carbons (Fsp3) is 0.0714. The second-order valence-corrected chi connectivity index (χ2v) is 5.29. The van der Waals surface area contributed by atoms with E-state index in [0.29, 0.717) is 4.47 Å². The van der Waals surface area contributed by atoms with E-state index in [1.165, 1.54) is 12.1 Å². The van der Waals surface area contributed by atoms with Crippen molar-refractivity contribution < 1.29 is 19.2 Å². The van der Waals surface area contributed by atoms with Crippen molar-refractivity contribution in [2.24, 2.45) is 0 Å². The van der Waals surface area contributed by atoms with Crippen LogP contribution in [-0.2, 0) is 6.54 Å². The largest absolute Gasteiger partial charge is 0.507 e. The number of hydrogen-bond acceptors (Lipinski definition) is 4. The van der Waals surface area contributed by atoms with E-state index in [1.807, 2.05) is 0 Å². The normalized spacial score (nSPS) is 10.3. The number of phenolic OH excluding ortho intramolecular Hbond substituents is 1. The lowest BCUT2D eigenvalue weighted by Crippen LogP contribution is -2.23. The molecule has 2 N–H and O–H groups in total. The Labute approximate surface area is 132 Å². The van der Waals surface area contributed by atoms with Crippen LogP contribution in [0.3, 0.4) is 0 Å². The van der Waals surface area contributed by atoms with Crippen LogP contribution in [0, 0.1) is 15.9 Å². The van der Waals surface area contributed by atoms with Gasteiger partial charge in [0, 0.05) is 28.7 Å². The van der Waals surface area contributed by atoms with Gasteiger partial charge in [0.05, 0.1) is 10.5 Å². The highest BCUT2D eigenvalue weighted by Crippen LogP contribution is 2.23. The summed E-state index contributed by atoms with van der Waals surface area (Å²) < 4.78 is 14.2. The molecule has 2 rings (SSSR count). The highest BCUT2D eigenvalue weighted by Gasteiger charge is 2.16. The number of carbonyl (C=O) groups is 1. The zero-order valence-corrected chi connectivity index (χ0v) is 12.6. The number of benzene rings is 2. The summed E-state index contributed by atoms with van der Waals surface area (Å²) in [6.07, 6.45) is 0. The SMILES string of the molecule is O=C(NCc1ccc(Br)cc1F)c1cc([N+](=O)[O-])ccc1O. The lowest BCUT2D eigenvalue weighted by atomic mass is 10.1. The number of phenols is 1. The van der Waals surface area contributed by atoms with E-state index in [1.54, 1.807) is 6.07 Å². The van der Waals surface area contributed by atoms with Gasteiger partial charge in [0.2, 0.25) is 0 Å². The summed E-state index contributed by atoms with van der Waals surface area (Å²) in [6, 6.07) is 7.48. The van der Waals surface area contributed by atoms with Crippen LogP contribution in [0.25, 0.3) is 0 Å². The van der Waals surface area contributed by atoms with Crippen LogP contribution in [0.15, 0.2) is 40.9 Å². The summed E-state index contributed by atoms with van der Waals surface area (Å²) in [5.41, 5.74) is -0.314. The molecule has 114 valence electrons. The molecule has 0 bridgehead atoms. The predicted molar refractivity (Wildman–Crippen MR) is 80.0 cm³/mol. The van der Waals surface area contributed by atoms with Crippen LogP contribution in [0.2, 0.25) is 0 Å². The van der Waals surface area contributed by atoms with Crippen LogP contribution in [-0.4, -0.2) is 15.9 Å². The molecular weight excluding hydrogens is 359 g/mol. The van der Waals surface area contributed by atoms with Crippen molar-refractivity contribution in [1.82, 2.24) is 5.32 Å². The molecule has 0 heterocycles. The quantitative estimate of drug-likeness (QED) is 0.640. The minimum Gasteiger partial charge on any atom is -0.507 e. The molecule has 0 aliphatic carbocycles. The van der Waals surface area contributed by atoms with Gasteiger partial charge in [-0.3, -0.25) is 14.9 Å². The Hall–Kier alpha value is -2.48. The fourth-order valence-corrected chi connectivity index (χ4v) is 2.09. The summed E-state index contributed by atoms with van der Waals surface area (Å²) in [5, 5.41) is 22.7. The molecular formula is C14H10BrFN2O4. The number of nitrogens with one attached hydrogen (secondary N) is 1. The second-order valence-electron chi connectivity index (χ2n) is 4.38. The Kier molecular flexibility index (Phi) is 4.71. The van der Waals surface area contributed by atoms with Crippen molar-refractivity contribution in [2.45, 2.75) is 6.54 Å². The molecule has 22 heavy (non-hydrogen) atoms. The van der Waals surface area contributed by atoms with E-state index < -0.39 is 16.6 Å². The molecule has 0 unspecified atom stereocenters. The van der Waals surface area contributed by atoms with Crippen LogP contribution in [0.1, 0.15) is 15.9 Å².